The van der Waals surface area contributed by atoms with E-state index in [1.807, 2.05) is 4.68 Å². The molecule has 4 rings (SSSR count). The van der Waals surface area contributed by atoms with Crippen molar-refractivity contribution in [2.75, 3.05) is 13.1 Å². The summed E-state index contributed by atoms with van der Waals surface area (Å²) in [6.45, 7) is 2.51. The summed E-state index contributed by atoms with van der Waals surface area (Å²) in [5.74, 6) is 0.333. The molecule has 1 aromatic heterocycles. The molecule has 0 atom stereocenters. The van der Waals surface area contributed by atoms with E-state index in [0.29, 0.717) is 11.6 Å². The normalized spacial score (nSPS) is 19.4. The van der Waals surface area contributed by atoms with E-state index in [4.69, 9.17) is 0 Å². The Kier molecular flexibility index (Phi) is 5.42. The number of nitrogens with one attached hydrogen (secondary N) is 1. The van der Waals surface area contributed by atoms with Crippen LogP contribution >= 0.6 is 0 Å². The highest BCUT2D eigenvalue weighted by atomic mass is 19.1. The van der Waals surface area contributed by atoms with Crippen molar-refractivity contribution in [2.24, 2.45) is 0 Å². The minimum absolute atomic E-state index is 0.114. The number of halogens is 1. The number of amides is 1. The number of aromatic nitrogens is 4. The maximum atomic E-state index is 13.3. The van der Waals surface area contributed by atoms with Crippen LogP contribution in [0.1, 0.15) is 60.7 Å². The number of rotatable bonds is 5. The first-order valence-corrected chi connectivity index (χ1v) is 9.74. The van der Waals surface area contributed by atoms with Gasteiger partial charge in [0.2, 0.25) is 0 Å². The molecule has 8 heteroatoms. The molecule has 1 amide bonds. The molecule has 0 spiro atoms. The van der Waals surface area contributed by atoms with Crippen LogP contribution in [-0.4, -0.2) is 50.1 Å². The van der Waals surface area contributed by atoms with Crippen molar-refractivity contribution in [3.63, 3.8) is 0 Å². The van der Waals surface area contributed by atoms with E-state index in [1.54, 1.807) is 12.1 Å². The van der Waals surface area contributed by atoms with Crippen LogP contribution in [0, 0.1) is 5.82 Å². The average Bonchev–Trinajstić information content (AvgIpc) is 3.35. The highest BCUT2D eigenvalue weighted by molar-refractivity contribution is 5.94. The number of hydrogen-bond donors (Lipinski definition) is 1. The Morgan fingerprint density at radius 3 is 2.70 bits per heavy atom. The predicted octanol–water partition coefficient (Wildman–Crippen LogP) is 2.32. The van der Waals surface area contributed by atoms with Gasteiger partial charge in [0.1, 0.15) is 5.82 Å². The Bertz CT molecular complexity index is 780. The smallest absolute Gasteiger partial charge is 0.251 e. The fourth-order valence-corrected chi connectivity index (χ4v) is 4.08. The Balaban J connectivity index is 1.28. The lowest BCUT2D eigenvalue weighted by atomic mass is 10.0. The molecule has 2 aromatic rings. The first kappa shape index (κ1) is 18.0. The zero-order chi connectivity index (χ0) is 18.6. The second kappa shape index (κ2) is 8.12. The summed E-state index contributed by atoms with van der Waals surface area (Å²) in [7, 11) is 0. The van der Waals surface area contributed by atoms with Crippen molar-refractivity contribution in [1.29, 1.82) is 0 Å². The van der Waals surface area contributed by atoms with Gasteiger partial charge in [0.25, 0.3) is 5.91 Å². The number of benzene rings is 1. The lowest BCUT2D eigenvalue weighted by Gasteiger charge is -2.32. The maximum absolute atomic E-state index is 13.3. The van der Waals surface area contributed by atoms with Gasteiger partial charge < -0.3 is 5.32 Å². The van der Waals surface area contributed by atoms with E-state index in [-0.39, 0.29) is 11.9 Å². The van der Waals surface area contributed by atoms with Crippen LogP contribution in [0.3, 0.4) is 0 Å². The standard InChI is InChI=1S/C19H25FN6O/c20-15-5-3-4-14(12-15)19(27)21-16-8-10-25(11-9-16)13-18-22-23-24-26(18)17-6-1-2-7-17/h3-5,12,16-17H,1-2,6-11,13H2,(H,21,27). The molecule has 1 aliphatic carbocycles. The summed E-state index contributed by atoms with van der Waals surface area (Å²) in [6.07, 6.45) is 6.55. The number of carbonyl (C=O) groups is 1. The monoisotopic (exact) mass is 372 g/mol. The molecule has 1 aliphatic heterocycles. The van der Waals surface area contributed by atoms with Gasteiger partial charge in [-0.2, -0.15) is 0 Å². The van der Waals surface area contributed by atoms with Crippen molar-refractivity contribution < 1.29 is 9.18 Å². The van der Waals surface area contributed by atoms with Crippen LogP contribution in [0.15, 0.2) is 24.3 Å². The van der Waals surface area contributed by atoms with Gasteiger partial charge in [-0.05, 0) is 54.3 Å². The first-order valence-electron chi connectivity index (χ1n) is 9.74. The third-order valence-electron chi connectivity index (χ3n) is 5.61. The van der Waals surface area contributed by atoms with E-state index in [9.17, 15) is 9.18 Å². The van der Waals surface area contributed by atoms with Gasteiger partial charge in [0.15, 0.2) is 5.82 Å². The lowest BCUT2D eigenvalue weighted by molar-refractivity contribution is 0.0907. The predicted molar refractivity (Wildman–Crippen MR) is 97.5 cm³/mol. The third kappa shape index (κ3) is 4.32. The third-order valence-corrected chi connectivity index (χ3v) is 5.61. The number of piperidine rings is 1. The van der Waals surface area contributed by atoms with Crippen LogP contribution in [0.2, 0.25) is 0 Å². The molecule has 2 heterocycles. The van der Waals surface area contributed by atoms with Crippen molar-refractivity contribution in [2.45, 2.75) is 57.2 Å². The SMILES string of the molecule is O=C(NC1CCN(Cc2nnnn2C2CCCC2)CC1)c1cccc(F)c1. The molecule has 144 valence electrons. The molecule has 0 unspecified atom stereocenters. The van der Waals surface area contributed by atoms with Gasteiger partial charge in [0.05, 0.1) is 12.6 Å². The summed E-state index contributed by atoms with van der Waals surface area (Å²) in [6, 6.07) is 6.36. The van der Waals surface area contributed by atoms with E-state index < -0.39 is 5.82 Å². The van der Waals surface area contributed by atoms with Gasteiger partial charge in [0, 0.05) is 24.7 Å². The summed E-state index contributed by atoms with van der Waals surface area (Å²) in [5, 5.41) is 15.3. The number of hydrogen-bond acceptors (Lipinski definition) is 5. The van der Waals surface area contributed by atoms with Crippen LogP contribution < -0.4 is 5.32 Å². The van der Waals surface area contributed by atoms with Crippen LogP contribution in [-0.2, 0) is 6.54 Å². The molecule has 0 bridgehead atoms. The zero-order valence-electron chi connectivity index (χ0n) is 15.4. The molecule has 1 saturated heterocycles. The van der Waals surface area contributed by atoms with Gasteiger partial charge in [-0.3, -0.25) is 9.69 Å². The fourth-order valence-electron chi connectivity index (χ4n) is 4.08. The summed E-state index contributed by atoms with van der Waals surface area (Å²) < 4.78 is 15.3. The van der Waals surface area contributed by atoms with Crippen LogP contribution in [0.25, 0.3) is 0 Å². The summed E-state index contributed by atoms with van der Waals surface area (Å²) in [4.78, 5) is 14.6. The quantitative estimate of drug-likeness (QED) is 0.872. The van der Waals surface area contributed by atoms with Crippen molar-refractivity contribution >= 4 is 5.91 Å². The Hall–Kier alpha value is -2.35. The van der Waals surface area contributed by atoms with E-state index in [1.165, 1.54) is 25.0 Å². The number of likely N-dealkylation sites (tertiary alicyclic amines) is 1. The largest absolute Gasteiger partial charge is 0.349 e. The molecule has 27 heavy (non-hydrogen) atoms. The molecule has 1 N–H and O–H groups in total. The first-order chi connectivity index (χ1) is 13.2. The van der Waals surface area contributed by atoms with E-state index >= 15 is 0 Å². The van der Waals surface area contributed by atoms with Gasteiger partial charge in [-0.25, -0.2) is 9.07 Å². The molecule has 0 radical (unpaired) electrons. The highest BCUT2D eigenvalue weighted by Gasteiger charge is 2.25. The zero-order valence-corrected chi connectivity index (χ0v) is 15.4. The molecular formula is C19H25FN6O. The number of nitrogens with zero attached hydrogens (tertiary/aromatic N) is 5. The van der Waals surface area contributed by atoms with Crippen LogP contribution in [0.5, 0.6) is 0 Å². The second-order valence-corrected chi connectivity index (χ2v) is 7.51. The van der Waals surface area contributed by atoms with E-state index in [0.717, 1.165) is 51.1 Å². The van der Waals surface area contributed by atoms with Gasteiger partial charge in [-0.15, -0.1) is 5.10 Å². The summed E-state index contributed by atoms with van der Waals surface area (Å²) >= 11 is 0. The van der Waals surface area contributed by atoms with Crippen molar-refractivity contribution in [3.05, 3.63) is 41.5 Å². The maximum Gasteiger partial charge on any atom is 0.251 e. The minimum Gasteiger partial charge on any atom is -0.349 e. The van der Waals surface area contributed by atoms with E-state index in [2.05, 4.69) is 25.7 Å². The molecule has 7 nitrogen and oxygen atoms in total. The van der Waals surface area contributed by atoms with Crippen molar-refractivity contribution in [1.82, 2.24) is 30.4 Å². The molecular weight excluding hydrogens is 347 g/mol. The lowest BCUT2D eigenvalue weighted by Crippen LogP contribution is -2.44. The van der Waals surface area contributed by atoms with Crippen molar-refractivity contribution in [3.8, 4) is 0 Å². The minimum atomic E-state index is -0.391. The second-order valence-electron chi connectivity index (χ2n) is 7.51. The van der Waals surface area contributed by atoms with Gasteiger partial charge in [-0.1, -0.05) is 18.9 Å². The average molecular weight is 372 g/mol. The highest BCUT2D eigenvalue weighted by Crippen LogP contribution is 2.29. The number of carbonyl (C=O) groups excluding carboxylic acids is 1. The molecule has 1 saturated carbocycles. The molecule has 2 fully saturated rings. The molecule has 2 aliphatic rings. The topological polar surface area (TPSA) is 75.9 Å². The van der Waals surface area contributed by atoms with Gasteiger partial charge >= 0.3 is 0 Å². The Morgan fingerprint density at radius 1 is 1.19 bits per heavy atom. The Morgan fingerprint density at radius 2 is 1.96 bits per heavy atom. The Labute approximate surface area is 157 Å². The van der Waals surface area contributed by atoms with Crippen LogP contribution in [0.4, 0.5) is 4.39 Å². The fraction of sp³-hybridized carbons (Fsp3) is 0.579. The molecule has 1 aromatic carbocycles. The summed E-state index contributed by atoms with van der Waals surface area (Å²) in [5.41, 5.74) is 0.369. The number of tetrazole rings is 1.